The Bertz CT molecular complexity index is 1160. The highest BCUT2D eigenvalue weighted by molar-refractivity contribution is 6.32. The van der Waals surface area contributed by atoms with Crippen LogP contribution in [-0.4, -0.2) is 15.9 Å². The van der Waals surface area contributed by atoms with E-state index in [1.54, 1.807) is 59.5 Å². The third-order valence-electron chi connectivity index (χ3n) is 4.89. The molecule has 0 fully saturated rings. The van der Waals surface area contributed by atoms with Crippen molar-refractivity contribution in [1.29, 1.82) is 0 Å². The average Bonchev–Trinajstić information content (AvgIpc) is 3.01. The molecule has 1 aliphatic heterocycles. The topological polar surface area (TPSA) is 83.7 Å². The number of non-ortho nitro benzene ring substituents is 1. The molecule has 0 saturated carbocycles. The van der Waals surface area contributed by atoms with Crippen molar-refractivity contribution in [3.8, 4) is 5.75 Å². The van der Waals surface area contributed by atoms with Crippen LogP contribution in [0.4, 0.5) is 11.4 Å². The van der Waals surface area contributed by atoms with Crippen molar-refractivity contribution in [2.45, 2.75) is 6.54 Å². The summed E-state index contributed by atoms with van der Waals surface area (Å²) in [6.45, 7) is 0.402. The Morgan fingerprint density at radius 3 is 2.37 bits per heavy atom. The van der Waals surface area contributed by atoms with Gasteiger partial charge in [0.05, 0.1) is 17.2 Å². The number of hydrogen-bond donors (Lipinski definition) is 1. The van der Waals surface area contributed by atoms with Crippen LogP contribution in [0.25, 0.3) is 11.6 Å². The second-order valence-electron chi connectivity index (χ2n) is 6.86. The van der Waals surface area contributed by atoms with Gasteiger partial charge < -0.3 is 10.0 Å². The first-order valence-corrected chi connectivity index (χ1v) is 9.35. The minimum Gasteiger partial charge on any atom is -0.508 e. The van der Waals surface area contributed by atoms with E-state index in [9.17, 15) is 20.0 Å². The number of aromatic hydroxyl groups is 1. The van der Waals surface area contributed by atoms with Gasteiger partial charge >= 0.3 is 0 Å². The Balaban J connectivity index is 1.59. The SMILES string of the molecule is O=C1/C(=C/C=C/c2ccc([N+](=O)[O-])cc2)c2ccccc2N1Cc1ccc(O)cc1. The molecule has 0 aromatic heterocycles. The van der Waals surface area contributed by atoms with Gasteiger partial charge in [0.2, 0.25) is 0 Å². The Labute approximate surface area is 173 Å². The first-order valence-electron chi connectivity index (χ1n) is 9.35. The molecule has 3 aromatic carbocycles. The number of fused-ring (bicyclic) bond motifs is 1. The van der Waals surface area contributed by atoms with Crippen LogP contribution in [0.5, 0.6) is 5.75 Å². The summed E-state index contributed by atoms with van der Waals surface area (Å²) in [6, 6.07) is 20.6. The fourth-order valence-electron chi connectivity index (χ4n) is 3.37. The van der Waals surface area contributed by atoms with Crippen molar-refractivity contribution >= 4 is 28.9 Å². The number of rotatable bonds is 5. The Hall–Kier alpha value is -4.19. The molecule has 0 spiro atoms. The molecule has 148 valence electrons. The molecule has 6 nitrogen and oxygen atoms in total. The monoisotopic (exact) mass is 398 g/mol. The second kappa shape index (κ2) is 8.05. The lowest BCUT2D eigenvalue weighted by molar-refractivity contribution is -0.384. The molecule has 0 aliphatic carbocycles. The molecule has 1 N–H and O–H groups in total. The third kappa shape index (κ3) is 3.84. The molecule has 1 heterocycles. The maximum absolute atomic E-state index is 13.1. The van der Waals surface area contributed by atoms with E-state index in [0.717, 1.165) is 22.4 Å². The molecule has 1 aliphatic rings. The summed E-state index contributed by atoms with van der Waals surface area (Å²) >= 11 is 0. The van der Waals surface area contributed by atoms with Gasteiger partial charge in [0.15, 0.2) is 0 Å². The fraction of sp³-hybridized carbons (Fsp3) is 0.0417. The number of phenols is 1. The molecule has 0 unspecified atom stereocenters. The van der Waals surface area contributed by atoms with Crippen LogP contribution in [-0.2, 0) is 11.3 Å². The molecule has 4 rings (SSSR count). The van der Waals surface area contributed by atoms with E-state index in [1.165, 1.54) is 12.1 Å². The number of para-hydroxylation sites is 1. The zero-order valence-electron chi connectivity index (χ0n) is 15.9. The number of carbonyl (C=O) groups is 1. The maximum atomic E-state index is 13.1. The molecule has 30 heavy (non-hydrogen) atoms. The van der Waals surface area contributed by atoms with Crippen molar-refractivity contribution in [3.63, 3.8) is 0 Å². The molecule has 0 bridgehead atoms. The molecule has 0 radical (unpaired) electrons. The number of carbonyl (C=O) groups excluding carboxylic acids is 1. The quantitative estimate of drug-likeness (QED) is 0.375. The predicted molar refractivity (Wildman–Crippen MR) is 116 cm³/mol. The minimum absolute atomic E-state index is 0.0373. The molecule has 0 saturated heterocycles. The average molecular weight is 398 g/mol. The van der Waals surface area contributed by atoms with E-state index < -0.39 is 4.92 Å². The van der Waals surface area contributed by atoms with Crippen LogP contribution >= 0.6 is 0 Å². The smallest absolute Gasteiger partial charge is 0.269 e. The van der Waals surface area contributed by atoms with E-state index in [1.807, 2.05) is 24.3 Å². The van der Waals surface area contributed by atoms with Gasteiger partial charge in [-0.05, 0) is 47.5 Å². The lowest BCUT2D eigenvalue weighted by Gasteiger charge is -2.17. The van der Waals surface area contributed by atoms with E-state index in [4.69, 9.17) is 0 Å². The Kier molecular flexibility index (Phi) is 5.13. The summed E-state index contributed by atoms with van der Waals surface area (Å²) in [5.41, 5.74) is 4.04. The Morgan fingerprint density at radius 2 is 1.67 bits per heavy atom. The van der Waals surface area contributed by atoms with Gasteiger partial charge in [-0.3, -0.25) is 14.9 Å². The Morgan fingerprint density at radius 1 is 0.967 bits per heavy atom. The predicted octanol–water partition coefficient (Wildman–Crippen LogP) is 4.94. The number of benzene rings is 3. The fourth-order valence-corrected chi connectivity index (χ4v) is 3.37. The number of phenolic OH excluding ortho intramolecular Hbond substituents is 1. The van der Waals surface area contributed by atoms with Crippen molar-refractivity contribution in [3.05, 3.63) is 112 Å². The van der Waals surface area contributed by atoms with Crippen molar-refractivity contribution in [2.75, 3.05) is 4.90 Å². The standard InChI is InChI=1S/C24H18N2O4/c27-20-14-10-18(11-15-20)16-25-23-7-2-1-5-21(23)22(24(25)28)6-3-4-17-8-12-19(13-9-17)26(29)30/h1-15,27H,16H2/b4-3+,22-6+. The van der Waals surface area contributed by atoms with Gasteiger partial charge in [0.1, 0.15) is 5.75 Å². The highest BCUT2D eigenvalue weighted by atomic mass is 16.6. The first kappa shape index (κ1) is 19.1. The number of nitro benzene ring substituents is 1. The molecular weight excluding hydrogens is 380 g/mol. The van der Waals surface area contributed by atoms with Crippen LogP contribution in [0.3, 0.4) is 0 Å². The number of amides is 1. The van der Waals surface area contributed by atoms with E-state index in [2.05, 4.69) is 0 Å². The molecule has 1 amide bonds. The van der Waals surface area contributed by atoms with Gasteiger partial charge in [-0.2, -0.15) is 0 Å². The lowest BCUT2D eigenvalue weighted by atomic mass is 10.1. The summed E-state index contributed by atoms with van der Waals surface area (Å²) < 4.78 is 0. The van der Waals surface area contributed by atoms with Gasteiger partial charge in [-0.25, -0.2) is 0 Å². The summed E-state index contributed by atoms with van der Waals surface area (Å²) in [5.74, 6) is 0.0847. The van der Waals surface area contributed by atoms with Gasteiger partial charge in [-0.1, -0.05) is 42.5 Å². The highest BCUT2D eigenvalue weighted by Gasteiger charge is 2.31. The molecule has 3 aromatic rings. The number of hydrogen-bond acceptors (Lipinski definition) is 4. The van der Waals surface area contributed by atoms with Crippen LogP contribution in [0.1, 0.15) is 16.7 Å². The lowest BCUT2D eigenvalue weighted by Crippen LogP contribution is -2.25. The zero-order chi connectivity index (χ0) is 21.1. The molecule has 6 heteroatoms. The molecule has 0 atom stereocenters. The van der Waals surface area contributed by atoms with Gasteiger partial charge in [-0.15, -0.1) is 0 Å². The minimum atomic E-state index is -0.438. The first-order chi connectivity index (χ1) is 14.5. The normalized spacial score (nSPS) is 14.5. The number of allylic oxidation sites excluding steroid dienone is 2. The third-order valence-corrected chi connectivity index (χ3v) is 4.89. The van der Waals surface area contributed by atoms with E-state index in [-0.39, 0.29) is 17.3 Å². The van der Waals surface area contributed by atoms with Crippen LogP contribution in [0, 0.1) is 10.1 Å². The number of anilines is 1. The van der Waals surface area contributed by atoms with E-state index >= 15 is 0 Å². The van der Waals surface area contributed by atoms with Gasteiger partial charge in [0, 0.05) is 23.3 Å². The van der Waals surface area contributed by atoms with Crippen LogP contribution < -0.4 is 4.90 Å². The molecular formula is C24H18N2O4. The highest BCUT2D eigenvalue weighted by Crippen LogP contribution is 2.37. The summed E-state index contributed by atoms with van der Waals surface area (Å²) in [7, 11) is 0. The number of nitrogens with zero attached hydrogens (tertiary/aromatic N) is 2. The summed E-state index contributed by atoms with van der Waals surface area (Å²) in [6.07, 6.45) is 5.34. The van der Waals surface area contributed by atoms with Crippen LogP contribution in [0.15, 0.2) is 84.9 Å². The van der Waals surface area contributed by atoms with Crippen molar-refractivity contribution in [2.24, 2.45) is 0 Å². The summed E-state index contributed by atoms with van der Waals surface area (Å²) in [5, 5.41) is 20.2. The number of nitro groups is 1. The van der Waals surface area contributed by atoms with E-state index in [0.29, 0.717) is 12.1 Å². The second-order valence-corrected chi connectivity index (χ2v) is 6.86. The van der Waals surface area contributed by atoms with Crippen molar-refractivity contribution in [1.82, 2.24) is 0 Å². The van der Waals surface area contributed by atoms with Crippen molar-refractivity contribution < 1.29 is 14.8 Å². The zero-order valence-corrected chi connectivity index (χ0v) is 15.9. The summed E-state index contributed by atoms with van der Waals surface area (Å²) in [4.78, 5) is 25.1. The largest absolute Gasteiger partial charge is 0.508 e. The van der Waals surface area contributed by atoms with Crippen LogP contribution in [0.2, 0.25) is 0 Å². The van der Waals surface area contributed by atoms with Gasteiger partial charge in [0.25, 0.3) is 11.6 Å². The maximum Gasteiger partial charge on any atom is 0.269 e.